The van der Waals surface area contributed by atoms with E-state index < -0.39 is 5.60 Å². The summed E-state index contributed by atoms with van der Waals surface area (Å²) in [5.41, 5.74) is 1.70. The molecule has 0 unspecified atom stereocenters. The molecular weight excluding hydrogens is 420 g/mol. The highest BCUT2D eigenvalue weighted by Crippen LogP contribution is 2.36. The number of benzene rings is 2. The molecule has 0 saturated carbocycles. The highest BCUT2D eigenvalue weighted by atomic mass is 16.6. The average molecular weight is 453 g/mol. The molecular formula is C26H32N2O5. The van der Waals surface area contributed by atoms with Crippen molar-refractivity contribution in [2.75, 3.05) is 11.5 Å². The zero-order valence-corrected chi connectivity index (χ0v) is 20.1. The molecule has 33 heavy (non-hydrogen) atoms. The van der Waals surface area contributed by atoms with E-state index in [-0.39, 0.29) is 12.1 Å². The van der Waals surface area contributed by atoms with Gasteiger partial charge in [0.15, 0.2) is 17.9 Å². The predicted octanol–water partition coefficient (Wildman–Crippen LogP) is 6.15. The van der Waals surface area contributed by atoms with Gasteiger partial charge in [-0.05, 0) is 77.9 Å². The first-order chi connectivity index (χ1) is 15.7. The Hall–Kier alpha value is -3.48. The Morgan fingerprint density at radius 1 is 1.06 bits per heavy atom. The Bertz CT molecular complexity index is 1040. The second-order valence-corrected chi connectivity index (χ2v) is 8.83. The van der Waals surface area contributed by atoms with E-state index >= 15 is 0 Å². The Kier molecular flexibility index (Phi) is 7.63. The Balaban J connectivity index is 1.96. The normalized spacial score (nSPS) is 11.4. The summed E-state index contributed by atoms with van der Waals surface area (Å²) < 4.78 is 22.7. The first-order valence-corrected chi connectivity index (χ1v) is 11.1. The van der Waals surface area contributed by atoms with Gasteiger partial charge in [-0.2, -0.15) is 0 Å². The van der Waals surface area contributed by atoms with Crippen LogP contribution < -0.4 is 14.4 Å². The van der Waals surface area contributed by atoms with Crippen molar-refractivity contribution in [3.05, 3.63) is 66.4 Å². The number of ether oxygens (including phenoxy) is 3. The van der Waals surface area contributed by atoms with Gasteiger partial charge in [-0.15, -0.1) is 0 Å². The number of anilines is 2. The van der Waals surface area contributed by atoms with Crippen LogP contribution in [0.2, 0.25) is 0 Å². The topological polar surface area (TPSA) is 74.0 Å². The SMILES string of the molecule is CCOc1ccc(N(Cc2cnco2)c2ccc(C(=O)OC(C)(C)C)cc2)cc1OC(C)C. The highest BCUT2D eigenvalue weighted by Gasteiger charge is 2.20. The van der Waals surface area contributed by atoms with Crippen molar-refractivity contribution in [3.8, 4) is 11.5 Å². The van der Waals surface area contributed by atoms with Crippen LogP contribution in [-0.4, -0.2) is 29.3 Å². The van der Waals surface area contributed by atoms with E-state index in [2.05, 4.69) is 9.88 Å². The summed E-state index contributed by atoms with van der Waals surface area (Å²) in [7, 11) is 0. The van der Waals surface area contributed by atoms with E-state index in [0.717, 1.165) is 11.4 Å². The number of carbonyl (C=O) groups excluding carboxylic acids is 1. The van der Waals surface area contributed by atoms with Crippen LogP contribution in [0.4, 0.5) is 11.4 Å². The third-order valence-corrected chi connectivity index (χ3v) is 4.51. The largest absolute Gasteiger partial charge is 0.490 e. The number of nitrogens with zero attached hydrogens (tertiary/aromatic N) is 2. The van der Waals surface area contributed by atoms with E-state index in [1.165, 1.54) is 6.39 Å². The number of esters is 1. The van der Waals surface area contributed by atoms with Crippen LogP contribution in [0.5, 0.6) is 11.5 Å². The molecule has 2 aromatic carbocycles. The van der Waals surface area contributed by atoms with E-state index in [0.29, 0.717) is 36.0 Å². The minimum atomic E-state index is -0.552. The summed E-state index contributed by atoms with van der Waals surface area (Å²) >= 11 is 0. The van der Waals surface area contributed by atoms with Gasteiger partial charge in [-0.3, -0.25) is 0 Å². The van der Waals surface area contributed by atoms with E-state index in [1.807, 2.05) is 71.9 Å². The first-order valence-electron chi connectivity index (χ1n) is 11.1. The molecule has 1 aromatic heterocycles. The van der Waals surface area contributed by atoms with Gasteiger partial charge in [0.25, 0.3) is 0 Å². The smallest absolute Gasteiger partial charge is 0.338 e. The van der Waals surface area contributed by atoms with Gasteiger partial charge < -0.3 is 23.5 Å². The standard InChI is InChI=1S/C26H32N2O5/c1-7-30-23-13-12-21(14-24(23)32-18(2)3)28(16-22-15-27-17-31-22)20-10-8-19(9-11-20)25(29)33-26(4,5)6/h8-15,17-18H,7,16H2,1-6H3. The third-order valence-electron chi connectivity index (χ3n) is 4.51. The van der Waals surface area contributed by atoms with Crippen molar-refractivity contribution in [3.63, 3.8) is 0 Å². The van der Waals surface area contributed by atoms with E-state index in [9.17, 15) is 4.79 Å². The second-order valence-electron chi connectivity index (χ2n) is 8.83. The summed E-state index contributed by atoms with van der Waals surface area (Å²) in [6, 6.07) is 13.1. The molecule has 0 radical (unpaired) electrons. The lowest BCUT2D eigenvalue weighted by atomic mass is 10.1. The van der Waals surface area contributed by atoms with Crippen LogP contribution in [0.3, 0.4) is 0 Å². The molecule has 7 heteroatoms. The third kappa shape index (κ3) is 6.75. The molecule has 0 amide bonds. The molecule has 0 bridgehead atoms. The Labute approximate surface area is 195 Å². The fraction of sp³-hybridized carbons (Fsp3) is 0.385. The van der Waals surface area contributed by atoms with Crippen LogP contribution in [0, 0.1) is 0 Å². The number of carbonyl (C=O) groups is 1. The average Bonchev–Trinajstić information content (AvgIpc) is 3.25. The zero-order chi connectivity index (χ0) is 24.0. The summed E-state index contributed by atoms with van der Waals surface area (Å²) in [4.78, 5) is 18.5. The number of hydrogen-bond donors (Lipinski definition) is 0. The molecule has 3 rings (SSSR count). The molecule has 0 spiro atoms. The summed E-state index contributed by atoms with van der Waals surface area (Å²) in [5, 5.41) is 0. The summed E-state index contributed by atoms with van der Waals surface area (Å²) in [6.45, 7) is 12.4. The predicted molar refractivity (Wildman–Crippen MR) is 127 cm³/mol. The number of rotatable bonds is 9. The van der Waals surface area contributed by atoms with Crippen molar-refractivity contribution >= 4 is 17.3 Å². The minimum absolute atomic E-state index is 0.00436. The molecule has 0 saturated heterocycles. The molecule has 1 heterocycles. The number of oxazole rings is 1. The maximum atomic E-state index is 12.4. The molecule has 0 atom stereocenters. The van der Waals surface area contributed by atoms with Gasteiger partial charge in [-0.25, -0.2) is 9.78 Å². The Morgan fingerprint density at radius 2 is 1.76 bits per heavy atom. The van der Waals surface area contributed by atoms with Crippen molar-refractivity contribution in [2.24, 2.45) is 0 Å². The lowest BCUT2D eigenvalue weighted by molar-refractivity contribution is 0.00695. The zero-order valence-electron chi connectivity index (χ0n) is 20.1. The summed E-state index contributed by atoms with van der Waals surface area (Å²) in [6.07, 6.45) is 3.09. The molecule has 0 fully saturated rings. The Morgan fingerprint density at radius 3 is 2.33 bits per heavy atom. The fourth-order valence-electron chi connectivity index (χ4n) is 3.21. The molecule has 0 aliphatic heterocycles. The molecule has 3 aromatic rings. The summed E-state index contributed by atoms with van der Waals surface area (Å²) in [5.74, 6) is 1.70. The fourth-order valence-corrected chi connectivity index (χ4v) is 3.21. The molecule has 0 N–H and O–H groups in total. The number of aromatic nitrogens is 1. The molecule has 7 nitrogen and oxygen atoms in total. The van der Waals surface area contributed by atoms with Gasteiger partial charge in [0, 0.05) is 17.4 Å². The van der Waals surface area contributed by atoms with Crippen LogP contribution in [0.25, 0.3) is 0 Å². The van der Waals surface area contributed by atoms with E-state index in [1.54, 1.807) is 18.3 Å². The monoisotopic (exact) mass is 452 g/mol. The maximum Gasteiger partial charge on any atom is 0.338 e. The van der Waals surface area contributed by atoms with Gasteiger partial charge >= 0.3 is 5.97 Å². The van der Waals surface area contributed by atoms with Crippen molar-refractivity contribution in [2.45, 2.75) is 59.8 Å². The van der Waals surface area contributed by atoms with Gasteiger partial charge in [0.2, 0.25) is 0 Å². The lowest BCUT2D eigenvalue weighted by Crippen LogP contribution is -2.24. The number of hydrogen-bond acceptors (Lipinski definition) is 7. The maximum absolute atomic E-state index is 12.4. The highest BCUT2D eigenvalue weighted by molar-refractivity contribution is 5.90. The van der Waals surface area contributed by atoms with Crippen molar-refractivity contribution < 1.29 is 23.4 Å². The molecule has 176 valence electrons. The molecule has 0 aliphatic rings. The van der Waals surface area contributed by atoms with Crippen LogP contribution in [0.1, 0.15) is 57.7 Å². The van der Waals surface area contributed by atoms with Gasteiger partial charge in [0.1, 0.15) is 11.4 Å². The quantitative estimate of drug-likeness (QED) is 0.360. The first kappa shape index (κ1) is 24.2. The van der Waals surface area contributed by atoms with Crippen LogP contribution >= 0.6 is 0 Å². The van der Waals surface area contributed by atoms with E-state index in [4.69, 9.17) is 18.6 Å². The minimum Gasteiger partial charge on any atom is -0.490 e. The lowest BCUT2D eigenvalue weighted by Gasteiger charge is -2.26. The van der Waals surface area contributed by atoms with Crippen LogP contribution in [0.15, 0.2) is 59.5 Å². The molecule has 0 aliphatic carbocycles. The second kappa shape index (κ2) is 10.4. The van der Waals surface area contributed by atoms with Crippen molar-refractivity contribution in [1.29, 1.82) is 0 Å². The van der Waals surface area contributed by atoms with Gasteiger partial charge in [-0.1, -0.05) is 0 Å². The van der Waals surface area contributed by atoms with Crippen LogP contribution in [-0.2, 0) is 11.3 Å². The van der Waals surface area contributed by atoms with Gasteiger partial charge in [0.05, 0.1) is 31.0 Å². The van der Waals surface area contributed by atoms with Crippen molar-refractivity contribution in [1.82, 2.24) is 4.98 Å².